The molecule has 0 aromatic carbocycles. The van der Waals surface area contributed by atoms with Gasteiger partial charge in [-0.05, 0) is 26.2 Å². The van der Waals surface area contributed by atoms with Crippen LogP contribution in [0.15, 0.2) is 0 Å². The number of carbonyl (C=O) groups is 1. The van der Waals surface area contributed by atoms with Crippen molar-refractivity contribution in [2.24, 2.45) is 5.92 Å². The Labute approximate surface area is 73.5 Å². The maximum absolute atomic E-state index is 11.4. The van der Waals surface area contributed by atoms with Crippen molar-refractivity contribution in [2.75, 3.05) is 6.61 Å². The molecule has 0 bridgehead atoms. The Morgan fingerprint density at radius 1 is 1.58 bits per heavy atom. The molecule has 0 saturated carbocycles. The summed E-state index contributed by atoms with van der Waals surface area (Å²) < 4.78 is 5.32. The van der Waals surface area contributed by atoms with E-state index < -0.39 is 0 Å². The van der Waals surface area contributed by atoms with Crippen LogP contribution in [0.5, 0.6) is 0 Å². The lowest BCUT2D eigenvalue weighted by molar-refractivity contribution is -0.132. The molecule has 3 heteroatoms. The second-order valence-electron chi connectivity index (χ2n) is 3.72. The molecule has 1 N–H and O–H groups in total. The van der Waals surface area contributed by atoms with Crippen LogP contribution in [0.4, 0.5) is 0 Å². The molecule has 0 spiro atoms. The quantitative estimate of drug-likeness (QED) is 0.671. The van der Waals surface area contributed by atoms with Gasteiger partial charge in [0.2, 0.25) is 5.91 Å². The zero-order valence-electron chi connectivity index (χ0n) is 7.96. The summed E-state index contributed by atoms with van der Waals surface area (Å²) in [6.07, 6.45) is 0.781. The standard InChI is InChI=1S/C9H17NO2/c1-6(2)10-9(11)8-7(3)4-5-12-8/h6-8H,4-5H2,1-3H3,(H,10,11). The predicted octanol–water partition coefficient (Wildman–Crippen LogP) is 0.936. The topological polar surface area (TPSA) is 38.3 Å². The third-order valence-corrected chi connectivity index (χ3v) is 2.08. The van der Waals surface area contributed by atoms with Gasteiger partial charge in [-0.2, -0.15) is 0 Å². The number of carbonyl (C=O) groups excluding carboxylic acids is 1. The Kier molecular flexibility index (Phi) is 3.09. The average Bonchev–Trinajstić information content (AvgIpc) is 2.33. The minimum absolute atomic E-state index is 0.0370. The fourth-order valence-electron chi connectivity index (χ4n) is 1.40. The van der Waals surface area contributed by atoms with Gasteiger partial charge in [-0.3, -0.25) is 4.79 Å². The van der Waals surface area contributed by atoms with Crippen LogP contribution >= 0.6 is 0 Å². The van der Waals surface area contributed by atoms with E-state index in [2.05, 4.69) is 12.2 Å². The van der Waals surface area contributed by atoms with Crippen molar-refractivity contribution in [1.82, 2.24) is 5.32 Å². The molecular formula is C9H17NO2. The third kappa shape index (κ3) is 2.21. The minimum atomic E-state index is -0.215. The highest BCUT2D eigenvalue weighted by Gasteiger charge is 2.30. The van der Waals surface area contributed by atoms with Gasteiger partial charge in [0.25, 0.3) is 0 Å². The first kappa shape index (κ1) is 9.52. The van der Waals surface area contributed by atoms with Crippen LogP contribution in [-0.2, 0) is 9.53 Å². The molecule has 1 aliphatic rings. The van der Waals surface area contributed by atoms with E-state index in [9.17, 15) is 4.79 Å². The number of nitrogens with one attached hydrogen (secondary N) is 1. The summed E-state index contributed by atoms with van der Waals surface area (Å²) in [4.78, 5) is 11.4. The van der Waals surface area contributed by atoms with Crippen molar-refractivity contribution >= 4 is 5.91 Å². The molecule has 1 amide bonds. The van der Waals surface area contributed by atoms with Gasteiger partial charge in [0.15, 0.2) is 0 Å². The van der Waals surface area contributed by atoms with E-state index in [0.29, 0.717) is 5.92 Å². The Bertz CT molecular complexity index is 168. The molecule has 1 saturated heterocycles. The Morgan fingerprint density at radius 2 is 2.25 bits per heavy atom. The van der Waals surface area contributed by atoms with Crippen molar-refractivity contribution in [1.29, 1.82) is 0 Å². The summed E-state index contributed by atoms with van der Waals surface area (Å²) in [6, 6.07) is 0.203. The molecule has 0 aliphatic carbocycles. The van der Waals surface area contributed by atoms with Crippen LogP contribution in [-0.4, -0.2) is 24.7 Å². The second-order valence-corrected chi connectivity index (χ2v) is 3.72. The lowest BCUT2D eigenvalue weighted by atomic mass is 10.0. The van der Waals surface area contributed by atoms with Crippen LogP contribution in [0, 0.1) is 5.92 Å². The molecule has 1 fully saturated rings. The first-order chi connectivity index (χ1) is 5.61. The first-order valence-corrected chi connectivity index (χ1v) is 4.53. The largest absolute Gasteiger partial charge is 0.368 e. The van der Waals surface area contributed by atoms with Gasteiger partial charge < -0.3 is 10.1 Å². The van der Waals surface area contributed by atoms with Gasteiger partial charge in [0, 0.05) is 12.6 Å². The normalized spacial score (nSPS) is 29.3. The molecule has 0 aromatic heterocycles. The maximum Gasteiger partial charge on any atom is 0.249 e. The van der Waals surface area contributed by atoms with Crippen molar-refractivity contribution < 1.29 is 9.53 Å². The van der Waals surface area contributed by atoms with E-state index in [1.54, 1.807) is 0 Å². The molecule has 0 radical (unpaired) electrons. The fourth-order valence-corrected chi connectivity index (χ4v) is 1.40. The lowest BCUT2D eigenvalue weighted by Crippen LogP contribution is -2.40. The van der Waals surface area contributed by atoms with Crippen LogP contribution in [0.2, 0.25) is 0 Å². The Hall–Kier alpha value is -0.570. The minimum Gasteiger partial charge on any atom is -0.368 e. The van der Waals surface area contributed by atoms with E-state index >= 15 is 0 Å². The van der Waals surface area contributed by atoms with E-state index in [0.717, 1.165) is 13.0 Å². The number of ether oxygens (including phenoxy) is 1. The van der Waals surface area contributed by atoms with Gasteiger partial charge in [0.05, 0.1) is 0 Å². The van der Waals surface area contributed by atoms with Crippen molar-refractivity contribution in [3.63, 3.8) is 0 Å². The van der Waals surface area contributed by atoms with E-state index in [-0.39, 0.29) is 18.1 Å². The monoisotopic (exact) mass is 171 g/mol. The summed E-state index contributed by atoms with van der Waals surface area (Å²) in [5, 5.41) is 2.85. The smallest absolute Gasteiger partial charge is 0.249 e. The van der Waals surface area contributed by atoms with Crippen LogP contribution in [0.3, 0.4) is 0 Å². The Balaban J connectivity index is 2.41. The van der Waals surface area contributed by atoms with Crippen molar-refractivity contribution in [3.8, 4) is 0 Å². The van der Waals surface area contributed by atoms with Crippen LogP contribution < -0.4 is 5.32 Å². The molecule has 1 aliphatic heterocycles. The SMILES string of the molecule is CC(C)NC(=O)C1OCCC1C. The second kappa shape index (κ2) is 3.90. The highest BCUT2D eigenvalue weighted by atomic mass is 16.5. The van der Waals surface area contributed by atoms with Gasteiger partial charge in [-0.1, -0.05) is 6.92 Å². The number of rotatable bonds is 2. The molecule has 1 rings (SSSR count). The predicted molar refractivity (Wildman–Crippen MR) is 46.8 cm³/mol. The summed E-state index contributed by atoms with van der Waals surface area (Å²) in [6.45, 7) is 6.68. The van der Waals surface area contributed by atoms with Crippen molar-refractivity contribution in [3.05, 3.63) is 0 Å². The van der Waals surface area contributed by atoms with Gasteiger partial charge in [-0.15, -0.1) is 0 Å². The summed E-state index contributed by atoms with van der Waals surface area (Å²) in [5.74, 6) is 0.402. The highest BCUT2D eigenvalue weighted by molar-refractivity contribution is 5.81. The van der Waals surface area contributed by atoms with Crippen LogP contribution in [0.25, 0.3) is 0 Å². The van der Waals surface area contributed by atoms with Gasteiger partial charge >= 0.3 is 0 Å². The molecular weight excluding hydrogens is 154 g/mol. The maximum atomic E-state index is 11.4. The molecule has 3 nitrogen and oxygen atoms in total. The van der Waals surface area contributed by atoms with E-state index in [1.165, 1.54) is 0 Å². The summed E-state index contributed by atoms with van der Waals surface area (Å²) >= 11 is 0. The number of amides is 1. The fraction of sp³-hybridized carbons (Fsp3) is 0.889. The lowest BCUT2D eigenvalue weighted by Gasteiger charge is -2.16. The van der Waals surface area contributed by atoms with E-state index in [4.69, 9.17) is 4.74 Å². The molecule has 2 atom stereocenters. The molecule has 12 heavy (non-hydrogen) atoms. The highest BCUT2D eigenvalue weighted by Crippen LogP contribution is 2.19. The first-order valence-electron chi connectivity index (χ1n) is 4.53. The zero-order chi connectivity index (χ0) is 9.14. The molecule has 70 valence electrons. The van der Waals surface area contributed by atoms with E-state index in [1.807, 2.05) is 13.8 Å². The summed E-state index contributed by atoms with van der Waals surface area (Å²) in [7, 11) is 0. The van der Waals surface area contributed by atoms with Gasteiger partial charge in [0.1, 0.15) is 6.10 Å². The van der Waals surface area contributed by atoms with Crippen LogP contribution in [0.1, 0.15) is 27.2 Å². The molecule has 2 unspecified atom stereocenters. The van der Waals surface area contributed by atoms with Crippen molar-refractivity contribution in [2.45, 2.75) is 39.3 Å². The number of hydrogen-bond acceptors (Lipinski definition) is 2. The number of hydrogen-bond donors (Lipinski definition) is 1. The third-order valence-electron chi connectivity index (χ3n) is 2.08. The average molecular weight is 171 g/mol. The zero-order valence-corrected chi connectivity index (χ0v) is 7.96. The molecule has 1 heterocycles. The molecule has 0 aromatic rings. The Morgan fingerprint density at radius 3 is 2.67 bits per heavy atom. The van der Waals surface area contributed by atoms with Gasteiger partial charge in [-0.25, -0.2) is 0 Å². The summed E-state index contributed by atoms with van der Waals surface area (Å²) in [5.41, 5.74) is 0.